The molecule has 2 aromatic heterocycles. The summed E-state index contributed by atoms with van der Waals surface area (Å²) in [6, 6.07) is 1.93. The number of rotatable bonds is 0. The van der Waals surface area contributed by atoms with Crippen LogP contribution in [0.15, 0.2) is 18.5 Å². The third-order valence-corrected chi connectivity index (χ3v) is 2.71. The van der Waals surface area contributed by atoms with Gasteiger partial charge < -0.3 is 9.55 Å². The zero-order valence-corrected chi connectivity index (χ0v) is 8.71. The predicted octanol–water partition coefficient (Wildman–Crippen LogP) is 1.59. The zero-order valence-electron chi connectivity index (χ0n) is 6.56. The van der Waals surface area contributed by atoms with Crippen LogP contribution in [0.25, 0.3) is 11.0 Å². The molecule has 2 aromatic rings. The predicted molar refractivity (Wildman–Crippen MR) is 55.8 cm³/mol. The number of nitrogens with one attached hydrogen (secondary N) is 2. The minimum Gasteiger partial charge on any atom is -0.347 e. The number of pyridine rings is 1. The summed E-state index contributed by atoms with van der Waals surface area (Å²) in [5.74, 6) is 0. The summed E-state index contributed by atoms with van der Waals surface area (Å²) in [5, 5.41) is 9.34. The van der Waals surface area contributed by atoms with Crippen LogP contribution in [0.2, 0.25) is 0 Å². The Morgan fingerprint density at radius 3 is 3.08 bits per heavy atom. The molecule has 0 aliphatic carbocycles. The molecule has 0 aliphatic rings. The lowest BCUT2D eigenvalue weighted by atomic mass is 10.3. The molecule has 2 rings (SSSR count). The van der Waals surface area contributed by atoms with Gasteiger partial charge in [0.1, 0.15) is 5.65 Å². The van der Waals surface area contributed by atoms with Crippen LogP contribution < -0.4 is 5.36 Å². The summed E-state index contributed by atoms with van der Waals surface area (Å²) >= 11 is 2.17. The van der Waals surface area contributed by atoms with E-state index in [9.17, 15) is 0 Å². The number of aromatic amines is 1. The van der Waals surface area contributed by atoms with Crippen molar-refractivity contribution < 1.29 is 0 Å². The monoisotopic (exact) mass is 273 g/mol. The van der Waals surface area contributed by atoms with Gasteiger partial charge in [-0.2, -0.15) is 0 Å². The van der Waals surface area contributed by atoms with Crippen LogP contribution >= 0.6 is 22.6 Å². The van der Waals surface area contributed by atoms with Crippen LogP contribution in [0, 0.1) is 8.98 Å². The van der Waals surface area contributed by atoms with Crippen molar-refractivity contribution in [2.45, 2.75) is 0 Å². The summed E-state index contributed by atoms with van der Waals surface area (Å²) in [6.45, 7) is 0. The molecule has 0 aliphatic heterocycles. The molecule has 0 spiro atoms. The van der Waals surface area contributed by atoms with E-state index in [0.29, 0.717) is 5.36 Å². The maximum absolute atomic E-state index is 7.76. The minimum absolute atomic E-state index is 0.602. The number of H-pyrrole nitrogens is 1. The standard InChI is InChI=1S/C8H8IN3/c1-12-4-6(9)7(10)5-2-3-11-8(5)12/h2-4,10-11H,1H3. The highest BCUT2D eigenvalue weighted by Crippen LogP contribution is 2.08. The fraction of sp³-hybridized carbons (Fsp3) is 0.125. The molecule has 0 unspecified atom stereocenters. The molecule has 0 aromatic carbocycles. The van der Waals surface area contributed by atoms with Crippen molar-refractivity contribution in [2.24, 2.45) is 7.05 Å². The third kappa shape index (κ3) is 0.979. The van der Waals surface area contributed by atoms with E-state index in [2.05, 4.69) is 27.6 Å². The number of hydrogen-bond acceptors (Lipinski definition) is 1. The SMILES string of the molecule is Cn1cc(I)c(=N)c2cc[nH]c21. The molecular formula is C8H8IN3. The van der Waals surface area contributed by atoms with Crippen LogP contribution in [-0.4, -0.2) is 9.55 Å². The quantitative estimate of drug-likeness (QED) is 0.685. The Labute approximate surface area is 83.1 Å². The van der Waals surface area contributed by atoms with Crippen molar-refractivity contribution in [3.8, 4) is 0 Å². The number of halogens is 1. The Kier molecular flexibility index (Phi) is 1.71. The minimum atomic E-state index is 0.602. The average Bonchev–Trinajstić information content (AvgIpc) is 2.48. The highest BCUT2D eigenvalue weighted by Gasteiger charge is 2.01. The molecule has 4 heteroatoms. The molecule has 0 saturated carbocycles. The maximum atomic E-state index is 7.76. The van der Waals surface area contributed by atoms with Gasteiger partial charge in [0.25, 0.3) is 0 Å². The van der Waals surface area contributed by atoms with E-state index in [0.717, 1.165) is 14.6 Å². The average molecular weight is 273 g/mol. The first kappa shape index (κ1) is 7.85. The van der Waals surface area contributed by atoms with Gasteiger partial charge in [0.15, 0.2) is 0 Å². The van der Waals surface area contributed by atoms with E-state index in [4.69, 9.17) is 5.41 Å². The van der Waals surface area contributed by atoms with E-state index in [-0.39, 0.29) is 0 Å². The first-order valence-corrected chi connectivity index (χ1v) is 4.65. The normalized spacial score (nSPS) is 10.8. The van der Waals surface area contributed by atoms with Gasteiger partial charge in [-0.25, -0.2) is 0 Å². The number of hydrogen-bond donors (Lipinski definition) is 2. The summed E-state index contributed by atoms with van der Waals surface area (Å²) in [7, 11) is 1.97. The van der Waals surface area contributed by atoms with Gasteiger partial charge in [0, 0.05) is 24.8 Å². The molecule has 2 heterocycles. The van der Waals surface area contributed by atoms with Crippen molar-refractivity contribution in [2.75, 3.05) is 0 Å². The molecule has 2 N–H and O–H groups in total. The Bertz CT molecular complexity index is 480. The molecule has 12 heavy (non-hydrogen) atoms. The second-order valence-corrected chi connectivity index (χ2v) is 3.87. The highest BCUT2D eigenvalue weighted by atomic mass is 127. The lowest BCUT2D eigenvalue weighted by Crippen LogP contribution is -2.09. The molecule has 62 valence electrons. The van der Waals surface area contributed by atoms with Crippen LogP contribution in [0.4, 0.5) is 0 Å². The summed E-state index contributed by atoms with van der Waals surface area (Å²) in [5.41, 5.74) is 1.00. The van der Waals surface area contributed by atoms with Crippen molar-refractivity contribution in [1.82, 2.24) is 9.55 Å². The molecule has 0 saturated heterocycles. The van der Waals surface area contributed by atoms with Crippen LogP contribution in [0.1, 0.15) is 0 Å². The van der Waals surface area contributed by atoms with Crippen molar-refractivity contribution in [3.63, 3.8) is 0 Å². The van der Waals surface area contributed by atoms with Gasteiger partial charge in [0.2, 0.25) is 0 Å². The number of fused-ring (bicyclic) bond motifs is 1. The van der Waals surface area contributed by atoms with E-state index in [1.54, 1.807) is 0 Å². The number of aromatic nitrogens is 2. The molecule has 0 amide bonds. The van der Waals surface area contributed by atoms with Crippen molar-refractivity contribution in [1.29, 1.82) is 5.41 Å². The Morgan fingerprint density at radius 2 is 2.33 bits per heavy atom. The van der Waals surface area contributed by atoms with E-state index in [1.807, 2.05) is 30.1 Å². The van der Waals surface area contributed by atoms with Crippen LogP contribution in [0.5, 0.6) is 0 Å². The van der Waals surface area contributed by atoms with Gasteiger partial charge in [0.05, 0.1) is 8.93 Å². The van der Waals surface area contributed by atoms with E-state index < -0.39 is 0 Å². The summed E-state index contributed by atoms with van der Waals surface area (Å²) < 4.78 is 2.97. The zero-order chi connectivity index (χ0) is 8.72. The lowest BCUT2D eigenvalue weighted by molar-refractivity contribution is 0.923. The molecule has 0 atom stereocenters. The van der Waals surface area contributed by atoms with Crippen molar-refractivity contribution >= 4 is 33.6 Å². The third-order valence-electron chi connectivity index (χ3n) is 1.89. The molecule has 0 radical (unpaired) electrons. The smallest absolute Gasteiger partial charge is 0.119 e. The number of aryl methyl sites for hydroxylation is 1. The molecule has 3 nitrogen and oxygen atoms in total. The van der Waals surface area contributed by atoms with Crippen LogP contribution in [0.3, 0.4) is 0 Å². The van der Waals surface area contributed by atoms with Gasteiger partial charge in [-0.1, -0.05) is 0 Å². The summed E-state index contributed by atoms with van der Waals surface area (Å²) in [6.07, 6.45) is 3.81. The first-order chi connectivity index (χ1) is 5.70. The summed E-state index contributed by atoms with van der Waals surface area (Å²) in [4.78, 5) is 3.10. The topological polar surface area (TPSA) is 44.6 Å². The Hall–Kier alpha value is -0.780. The number of nitrogens with zero attached hydrogens (tertiary/aromatic N) is 1. The van der Waals surface area contributed by atoms with E-state index in [1.165, 1.54) is 0 Å². The fourth-order valence-corrected chi connectivity index (χ4v) is 1.99. The Morgan fingerprint density at radius 1 is 1.58 bits per heavy atom. The fourth-order valence-electron chi connectivity index (χ4n) is 1.28. The van der Waals surface area contributed by atoms with Gasteiger partial charge in [-0.3, -0.25) is 5.41 Å². The van der Waals surface area contributed by atoms with Crippen molar-refractivity contribution in [3.05, 3.63) is 27.4 Å². The van der Waals surface area contributed by atoms with Gasteiger partial charge in [-0.05, 0) is 28.7 Å². The van der Waals surface area contributed by atoms with Gasteiger partial charge >= 0.3 is 0 Å². The second kappa shape index (κ2) is 2.62. The molecule has 0 bridgehead atoms. The highest BCUT2D eigenvalue weighted by molar-refractivity contribution is 14.1. The second-order valence-electron chi connectivity index (χ2n) is 2.70. The molecular weight excluding hydrogens is 265 g/mol. The van der Waals surface area contributed by atoms with E-state index >= 15 is 0 Å². The van der Waals surface area contributed by atoms with Crippen LogP contribution in [-0.2, 0) is 7.05 Å². The maximum Gasteiger partial charge on any atom is 0.119 e. The Balaban J connectivity index is 3.07. The lowest BCUT2D eigenvalue weighted by Gasteiger charge is -2.01. The van der Waals surface area contributed by atoms with Gasteiger partial charge in [-0.15, -0.1) is 0 Å². The molecule has 0 fully saturated rings. The first-order valence-electron chi connectivity index (χ1n) is 3.57. The largest absolute Gasteiger partial charge is 0.347 e.